The van der Waals surface area contributed by atoms with Gasteiger partial charge >= 0.3 is 5.97 Å². The van der Waals surface area contributed by atoms with Crippen LogP contribution in [0, 0.1) is 11.6 Å². The summed E-state index contributed by atoms with van der Waals surface area (Å²) in [5.74, 6) is -1.92. The maximum absolute atomic E-state index is 14.5. The van der Waals surface area contributed by atoms with Crippen molar-refractivity contribution >= 4 is 90.1 Å². The van der Waals surface area contributed by atoms with Gasteiger partial charge in [0.25, 0.3) is 5.91 Å². The predicted octanol–water partition coefficient (Wildman–Crippen LogP) is 11.8. The largest absolute Gasteiger partial charge is 0.478 e. The Hall–Kier alpha value is -7.98. The van der Waals surface area contributed by atoms with Crippen LogP contribution >= 0.6 is 23.2 Å². The van der Waals surface area contributed by atoms with E-state index < -0.39 is 11.8 Å². The number of carbonyl (C=O) groups is 2. The fourth-order valence-electron chi connectivity index (χ4n) is 8.77. The maximum Gasteiger partial charge on any atom is 0.335 e. The van der Waals surface area contributed by atoms with Gasteiger partial charge < -0.3 is 35.9 Å². The van der Waals surface area contributed by atoms with Gasteiger partial charge in [0.2, 0.25) is 0 Å². The van der Waals surface area contributed by atoms with Crippen molar-refractivity contribution in [2.45, 2.75) is 46.2 Å². The quantitative estimate of drug-likeness (QED) is 0.0836. The van der Waals surface area contributed by atoms with Crippen molar-refractivity contribution in [1.82, 2.24) is 35.2 Å². The van der Waals surface area contributed by atoms with E-state index in [2.05, 4.69) is 69.3 Å². The van der Waals surface area contributed by atoms with Gasteiger partial charge in [0, 0.05) is 138 Å². The lowest BCUT2D eigenvalue weighted by atomic mass is 10.0. The monoisotopic (exact) mass is 1030 g/mol. The highest BCUT2D eigenvalue weighted by molar-refractivity contribution is 6.36. The summed E-state index contributed by atoms with van der Waals surface area (Å²) < 4.78 is 27.6. The maximum atomic E-state index is 14.5. The molecule has 0 spiro atoms. The Kier molecular flexibility index (Phi) is 15.4. The average Bonchev–Trinajstić information content (AvgIpc) is 3.91. The minimum Gasteiger partial charge on any atom is -0.478 e. The lowest BCUT2D eigenvalue weighted by molar-refractivity contribution is 0.0696. The zero-order valence-corrected chi connectivity index (χ0v) is 40.8. The van der Waals surface area contributed by atoms with Crippen LogP contribution in [0.5, 0.6) is 0 Å². The molecule has 74 heavy (non-hydrogen) atoms. The molecule has 2 saturated heterocycles. The van der Waals surface area contributed by atoms with Gasteiger partial charge in [0.15, 0.2) is 0 Å². The SMILES string of the molecule is C.NCc1cc2c(Cl)c[nH]c2cc1F.O=C(NCc1cc2c(Cl)c[nH]c2cc1F)c1ccnc(Cc2ccc3ncc(N4CCC4)cc3c2)c1.O=C(O)c1ccnc(Cc2ccc3ncc(N4CCC4)cc3c2)c1. The summed E-state index contributed by atoms with van der Waals surface area (Å²) in [5, 5.41) is 16.7. The fraction of sp³-hybridized carbons (Fsp3) is 0.193. The molecule has 12 rings (SSSR count). The number of aromatic carboxylic acids is 1. The summed E-state index contributed by atoms with van der Waals surface area (Å²) in [4.78, 5) is 52.2. The minimum atomic E-state index is -0.930. The number of hydrogen-bond donors (Lipinski definition) is 5. The molecule has 2 aliphatic heterocycles. The second-order valence-corrected chi connectivity index (χ2v) is 18.8. The number of H-pyrrole nitrogens is 2. The molecule has 0 saturated carbocycles. The molecule has 13 nitrogen and oxygen atoms in total. The van der Waals surface area contributed by atoms with Crippen LogP contribution in [-0.2, 0) is 25.9 Å². The van der Waals surface area contributed by atoms with E-state index in [0.29, 0.717) is 50.6 Å². The van der Waals surface area contributed by atoms with Gasteiger partial charge in [-0.25, -0.2) is 13.6 Å². The molecule has 6 aromatic heterocycles. The van der Waals surface area contributed by atoms with Crippen molar-refractivity contribution in [3.05, 3.63) is 201 Å². The molecule has 8 heterocycles. The number of anilines is 2. The number of rotatable bonds is 11. The zero-order chi connectivity index (χ0) is 50.6. The second kappa shape index (κ2) is 22.4. The van der Waals surface area contributed by atoms with Gasteiger partial charge in [0.05, 0.1) is 50.4 Å². The Morgan fingerprint density at radius 1 is 0.635 bits per heavy atom. The molecule has 0 unspecified atom stereocenters. The number of aromatic amines is 2. The number of nitrogens with zero attached hydrogens (tertiary/aromatic N) is 6. The van der Waals surface area contributed by atoms with Crippen LogP contribution in [0.2, 0.25) is 10.0 Å². The van der Waals surface area contributed by atoms with E-state index in [4.69, 9.17) is 34.0 Å². The van der Waals surface area contributed by atoms with Crippen molar-refractivity contribution in [3.63, 3.8) is 0 Å². The molecule has 0 atom stereocenters. The predicted molar refractivity (Wildman–Crippen MR) is 291 cm³/mol. The summed E-state index contributed by atoms with van der Waals surface area (Å²) >= 11 is 12.0. The van der Waals surface area contributed by atoms with Crippen molar-refractivity contribution < 1.29 is 23.5 Å². The summed E-state index contributed by atoms with van der Waals surface area (Å²) in [7, 11) is 0. The molecular weight excluding hydrogens is 982 g/mol. The van der Waals surface area contributed by atoms with Crippen LogP contribution in [0.15, 0.2) is 134 Å². The third-order valence-corrected chi connectivity index (χ3v) is 13.7. The number of amides is 1. The average molecular weight is 1030 g/mol. The summed E-state index contributed by atoms with van der Waals surface area (Å²) in [5.41, 5.74) is 16.2. The normalized spacial score (nSPS) is 12.8. The van der Waals surface area contributed by atoms with Crippen LogP contribution in [0.4, 0.5) is 20.2 Å². The van der Waals surface area contributed by atoms with E-state index in [1.807, 2.05) is 36.7 Å². The number of nitrogens with one attached hydrogen (secondary N) is 3. The van der Waals surface area contributed by atoms with Crippen LogP contribution in [0.3, 0.4) is 0 Å². The number of pyridine rings is 4. The minimum absolute atomic E-state index is 0. The molecule has 6 N–H and O–H groups in total. The number of carbonyl (C=O) groups excluding carboxylic acids is 1. The zero-order valence-electron chi connectivity index (χ0n) is 39.3. The Bertz CT molecular complexity index is 3690. The standard InChI is InChI=1S/C28H23ClFN5O.C19H17N3O2.C9H8ClFN2.CH4/c29-24-16-33-27-13-25(30)20(12-23(24)27)14-34-28(36)18-4-5-31-21(10-18)9-17-2-3-26-19(8-17)11-22(15-32-26)35-6-1-7-35;23-19(24)14-4-5-20-16(10-14)9-13-2-3-18-15(8-13)11-17(12-21-18)22-6-1-7-22;10-7-4-13-9-2-8(11)5(3-12)1-6(7)9;/h2-5,8,10-13,15-16,33H,1,6-7,9,14H2,(H,34,36);2-5,8,10-12H,1,6-7,9H2,(H,23,24);1-2,4,13H,3,12H2;1H4. The van der Waals surface area contributed by atoms with Crippen LogP contribution in [-0.4, -0.2) is 73.1 Å². The van der Waals surface area contributed by atoms with E-state index in [1.54, 1.807) is 55.1 Å². The van der Waals surface area contributed by atoms with Gasteiger partial charge in [-0.3, -0.25) is 24.7 Å². The molecule has 0 aliphatic carbocycles. The number of hydrogen-bond acceptors (Lipinski definition) is 9. The molecule has 10 aromatic rings. The fourth-order valence-corrected chi connectivity index (χ4v) is 9.19. The molecule has 2 aliphatic rings. The summed E-state index contributed by atoms with van der Waals surface area (Å²) in [6, 6.07) is 29.4. The molecule has 1 amide bonds. The number of carboxylic acids is 1. The lowest BCUT2D eigenvalue weighted by Gasteiger charge is -2.32. The van der Waals surface area contributed by atoms with Crippen molar-refractivity contribution in [3.8, 4) is 0 Å². The van der Waals surface area contributed by atoms with Gasteiger partial charge in [-0.2, -0.15) is 0 Å². The van der Waals surface area contributed by atoms with Crippen LogP contribution in [0.25, 0.3) is 43.6 Å². The number of fused-ring (bicyclic) bond motifs is 4. The number of nitrogens with two attached hydrogens (primary N) is 1. The summed E-state index contributed by atoms with van der Waals surface area (Å²) in [6.07, 6.45) is 13.9. The number of halogens is 4. The highest BCUT2D eigenvalue weighted by Crippen LogP contribution is 2.29. The van der Waals surface area contributed by atoms with E-state index in [1.165, 1.54) is 31.0 Å². The Morgan fingerprint density at radius 3 is 1.61 bits per heavy atom. The molecule has 0 radical (unpaired) electrons. The molecule has 4 aromatic carbocycles. The number of carboxylic acid groups (broad SMARTS) is 1. The van der Waals surface area contributed by atoms with E-state index in [9.17, 15) is 18.4 Å². The summed E-state index contributed by atoms with van der Waals surface area (Å²) in [6.45, 7) is 4.58. The topological polar surface area (TPSA) is 182 Å². The number of aromatic nitrogens is 6. The first-order valence-corrected chi connectivity index (χ1v) is 24.5. The highest BCUT2D eigenvalue weighted by Gasteiger charge is 2.18. The van der Waals surface area contributed by atoms with Crippen LogP contribution < -0.4 is 20.9 Å². The molecule has 2 fully saturated rings. The molecule has 17 heteroatoms. The molecule has 0 bridgehead atoms. The smallest absolute Gasteiger partial charge is 0.335 e. The van der Waals surface area contributed by atoms with E-state index in [-0.39, 0.29) is 37.8 Å². The molecular formula is C57H52Cl2F2N10O3. The van der Waals surface area contributed by atoms with Crippen molar-refractivity contribution in [2.24, 2.45) is 5.73 Å². The second-order valence-electron chi connectivity index (χ2n) is 18.0. The van der Waals surface area contributed by atoms with Gasteiger partial charge in [-0.15, -0.1) is 0 Å². The lowest BCUT2D eigenvalue weighted by Crippen LogP contribution is -2.36. The van der Waals surface area contributed by atoms with Crippen molar-refractivity contribution in [2.75, 3.05) is 36.0 Å². The molecule has 376 valence electrons. The Morgan fingerprint density at radius 2 is 1.12 bits per heavy atom. The first-order valence-electron chi connectivity index (χ1n) is 23.7. The first-order chi connectivity index (χ1) is 35.4. The van der Waals surface area contributed by atoms with Gasteiger partial charge in [-0.1, -0.05) is 42.8 Å². The Balaban J connectivity index is 0.000000152. The Labute approximate surface area is 435 Å². The van der Waals surface area contributed by atoms with E-state index in [0.717, 1.165) is 92.6 Å². The van der Waals surface area contributed by atoms with Gasteiger partial charge in [-0.05, 0) is 109 Å². The third kappa shape index (κ3) is 11.4. The van der Waals surface area contributed by atoms with Crippen LogP contribution in [0.1, 0.15) is 74.6 Å². The van der Waals surface area contributed by atoms with Gasteiger partial charge in [0.1, 0.15) is 11.6 Å². The van der Waals surface area contributed by atoms with Crippen molar-refractivity contribution in [1.29, 1.82) is 0 Å². The highest BCUT2D eigenvalue weighted by atomic mass is 35.5. The third-order valence-electron chi connectivity index (χ3n) is 13.1. The number of benzene rings is 4. The first kappa shape index (κ1) is 50.9. The van der Waals surface area contributed by atoms with E-state index >= 15 is 0 Å².